The predicted molar refractivity (Wildman–Crippen MR) is 76.5 cm³/mol. The predicted octanol–water partition coefficient (Wildman–Crippen LogP) is 2.08. The van der Waals surface area contributed by atoms with Crippen molar-refractivity contribution in [2.75, 3.05) is 5.32 Å². The van der Waals surface area contributed by atoms with Crippen molar-refractivity contribution in [3.8, 4) is 0 Å². The molecule has 0 radical (unpaired) electrons. The highest BCUT2D eigenvalue weighted by Gasteiger charge is 2.40. The number of carbonyl (C=O) groups is 2. The first-order valence-corrected chi connectivity index (χ1v) is 6.83. The van der Waals surface area contributed by atoms with E-state index >= 15 is 0 Å². The Bertz CT molecular complexity index is 506. The molecule has 0 heterocycles. The molecule has 1 aromatic rings. The minimum absolute atomic E-state index is 0.0512. The van der Waals surface area contributed by atoms with Crippen molar-refractivity contribution in [3.05, 3.63) is 29.8 Å². The maximum absolute atomic E-state index is 12.0. The second-order valence-electron chi connectivity index (χ2n) is 5.58. The van der Waals surface area contributed by atoms with Crippen LogP contribution in [0.4, 0.5) is 5.69 Å². The molecular weight excluding hydrogens is 256 g/mol. The fourth-order valence-electron chi connectivity index (χ4n) is 2.32. The van der Waals surface area contributed by atoms with Crippen molar-refractivity contribution >= 4 is 17.6 Å². The lowest BCUT2D eigenvalue weighted by atomic mass is 9.77. The van der Waals surface area contributed by atoms with Crippen LogP contribution >= 0.6 is 0 Å². The molecule has 0 aromatic heterocycles. The third-order valence-electron chi connectivity index (χ3n) is 3.92. The zero-order valence-corrected chi connectivity index (χ0v) is 11.6. The van der Waals surface area contributed by atoms with Crippen LogP contribution in [0.3, 0.4) is 0 Å². The fraction of sp³-hybridized carbons (Fsp3) is 0.467. The molecule has 5 nitrogen and oxygen atoms in total. The summed E-state index contributed by atoms with van der Waals surface area (Å²) in [7, 11) is 0. The van der Waals surface area contributed by atoms with E-state index in [1.165, 1.54) is 0 Å². The monoisotopic (exact) mass is 276 g/mol. The average molecular weight is 276 g/mol. The van der Waals surface area contributed by atoms with Crippen molar-refractivity contribution in [2.24, 2.45) is 5.73 Å². The molecule has 4 N–H and O–H groups in total. The van der Waals surface area contributed by atoms with Gasteiger partial charge in [0.15, 0.2) is 0 Å². The lowest BCUT2D eigenvalue weighted by molar-refractivity contribution is -0.137. The van der Waals surface area contributed by atoms with Crippen LogP contribution in [0.5, 0.6) is 0 Å². The van der Waals surface area contributed by atoms with Gasteiger partial charge in [-0.05, 0) is 42.9 Å². The molecule has 2 rings (SSSR count). The highest BCUT2D eigenvalue weighted by atomic mass is 16.4. The first kappa shape index (κ1) is 14.5. The molecule has 1 fully saturated rings. The Morgan fingerprint density at radius 2 is 1.95 bits per heavy atom. The Hall–Kier alpha value is -1.88. The van der Waals surface area contributed by atoms with E-state index in [1.807, 2.05) is 19.1 Å². The quantitative estimate of drug-likeness (QED) is 0.767. The summed E-state index contributed by atoms with van der Waals surface area (Å²) in [4.78, 5) is 22.6. The van der Waals surface area contributed by atoms with Crippen molar-refractivity contribution in [1.82, 2.24) is 0 Å². The smallest absolute Gasteiger partial charge is 0.303 e. The maximum atomic E-state index is 12.0. The molecule has 1 aliphatic carbocycles. The number of amides is 1. The van der Waals surface area contributed by atoms with Crippen LogP contribution in [-0.2, 0) is 9.59 Å². The fourth-order valence-corrected chi connectivity index (χ4v) is 2.32. The third kappa shape index (κ3) is 3.17. The Morgan fingerprint density at radius 3 is 2.40 bits per heavy atom. The summed E-state index contributed by atoms with van der Waals surface area (Å²) >= 11 is 0. The standard InChI is InChI=1S/C15H20N2O3/c1-10(9-13(18)19)11-3-5-12(6-4-11)17-14(20)15(16)7-2-8-15/h3-6,10H,2,7-9,16H2,1H3,(H,17,20)(H,18,19). The maximum Gasteiger partial charge on any atom is 0.303 e. The van der Waals surface area contributed by atoms with Gasteiger partial charge >= 0.3 is 5.97 Å². The number of aliphatic carboxylic acids is 1. The number of carboxylic acids is 1. The van der Waals surface area contributed by atoms with Gasteiger partial charge in [0.25, 0.3) is 0 Å². The number of carboxylic acid groups (broad SMARTS) is 1. The minimum Gasteiger partial charge on any atom is -0.481 e. The molecule has 0 spiro atoms. The molecule has 1 amide bonds. The Morgan fingerprint density at radius 1 is 1.35 bits per heavy atom. The van der Waals surface area contributed by atoms with E-state index in [0.29, 0.717) is 5.69 Å². The molecule has 1 aromatic carbocycles. The van der Waals surface area contributed by atoms with Gasteiger partial charge in [-0.3, -0.25) is 9.59 Å². The number of hydrogen-bond acceptors (Lipinski definition) is 3. The lowest BCUT2D eigenvalue weighted by Crippen LogP contribution is -2.56. The molecule has 20 heavy (non-hydrogen) atoms. The van der Waals surface area contributed by atoms with E-state index in [1.54, 1.807) is 12.1 Å². The van der Waals surface area contributed by atoms with E-state index in [0.717, 1.165) is 24.8 Å². The van der Waals surface area contributed by atoms with E-state index < -0.39 is 11.5 Å². The molecule has 1 atom stereocenters. The van der Waals surface area contributed by atoms with Gasteiger partial charge in [-0.1, -0.05) is 19.1 Å². The second-order valence-corrected chi connectivity index (χ2v) is 5.58. The van der Waals surface area contributed by atoms with E-state index in [-0.39, 0.29) is 18.2 Å². The molecule has 0 bridgehead atoms. The number of hydrogen-bond donors (Lipinski definition) is 3. The van der Waals surface area contributed by atoms with E-state index in [2.05, 4.69) is 5.32 Å². The largest absolute Gasteiger partial charge is 0.481 e. The Kier molecular flexibility index (Phi) is 4.09. The van der Waals surface area contributed by atoms with E-state index in [4.69, 9.17) is 10.8 Å². The highest BCUT2D eigenvalue weighted by molar-refractivity contribution is 5.98. The Balaban J connectivity index is 1.98. The van der Waals surface area contributed by atoms with Gasteiger partial charge in [0.05, 0.1) is 12.0 Å². The van der Waals surface area contributed by atoms with Gasteiger partial charge in [0.1, 0.15) is 0 Å². The van der Waals surface area contributed by atoms with Crippen LogP contribution in [0.2, 0.25) is 0 Å². The molecule has 1 unspecified atom stereocenters. The number of nitrogens with two attached hydrogens (primary N) is 1. The van der Waals surface area contributed by atoms with Gasteiger partial charge in [0, 0.05) is 5.69 Å². The topological polar surface area (TPSA) is 92.4 Å². The van der Waals surface area contributed by atoms with Crippen LogP contribution in [0, 0.1) is 0 Å². The number of benzene rings is 1. The average Bonchev–Trinajstić information content (AvgIpc) is 2.35. The molecular formula is C15H20N2O3. The van der Waals surface area contributed by atoms with Crippen LogP contribution in [0.15, 0.2) is 24.3 Å². The molecule has 0 aliphatic heterocycles. The molecule has 1 saturated carbocycles. The SMILES string of the molecule is CC(CC(=O)O)c1ccc(NC(=O)C2(N)CCC2)cc1. The second kappa shape index (κ2) is 5.63. The van der Waals surface area contributed by atoms with Crippen molar-refractivity contribution in [3.63, 3.8) is 0 Å². The summed E-state index contributed by atoms with van der Waals surface area (Å²) in [5.41, 5.74) is 6.87. The van der Waals surface area contributed by atoms with Gasteiger partial charge < -0.3 is 16.2 Å². The first-order valence-electron chi connectivity index (χ1n) is 6.83. The number of carbonyl (C=O) groups excluding carboxylic acids is 1. The van der Waals surface area contributed by atoms with Gasteiger partial charge in [-0.15, -0.1) is 0 Å². The van der Waals surface area contributed by atoms with Gasteiger partial charge in [0.2, 0.25) is 5.91 Å². The summed E-state index contributed by atoms with van der Waals surface area (Å²) in [6.07, 6.45) is 2.55. The molecule has 5 heteroatoms. The van der Waals surface area contributed by atoms with Crippen molar-refractivity contribution in [1.29, 1.82) is 0 Å². The van der Waals surface area contributed by atoms with Gasteiger partial charge in [-0.2, -0.15) is 0 Å². The summed E-state index contributed by atoms with van der Waals surface area (Å²) in [5.74, 6) is -1.01. The zero-order valence-electron chi connectivity index (χ0n) is 11.6. The molecule has 0 saturated heterocycles. The first-order chi connectivity index (χ1) is 9.40. The van der Waals surface area contributed by atoms with Crippen LogP contribution in [-0.4, -0.2) is 22.5 Å². The molecule has 108 valence electrons. The number of nitrogens with one attached hydrogen (secondary N) is 1. The highest BCUT2D eigenvalue weighted by Crippen LogP contribution is 2.30. The van der Waals surface area contributed by atoms with Crippen molar-refractivity contribution in [2.45, 2.75) is 44.1 Å². The van der Waals surface area contributed by atoms with Crippen LogP contribution < -0.4 is 11.1 Å². The minimum atomic E-state index is -0.815. The van der Waals surface area contributed by atoms with Crippen molar-refractivity contribution < 1.29 is 14.7 Å². The summed E-state index contributed by atoms with van der Waals surface area (Å²) in [5, 5.41) is 11.6. The summed E-state index contributed by atoms with van der Waals surface area (Å²) in [6.45, 7) is 1.87. The van der Waals surface area contributed by atoms with E-state index in [9.17, 15) is 9.59 Å². The number of anilines is 1. The zero-order chi connectivity index (χ0) is 14.8. The third-order valence-corrected chi connectivity index (χ3v) is 3.92. The lowest BCUT2D eigenvalue weighted by Gasteiger charge is -2.36. The normalized spacial score (nSPS) is 17.9. The molecule has 1 aliphatic rings. The van der Waals surface area contributed by atoms with Crippen LogP contribution in [0.25, 0.3) is 0 Å². The summed E-state index contributed by atoms with van der Waals surface area (Å²) in [6, 6.07) is 7.25. The van der Waals surface area contributed by atoms with Crippen LogP contribution in [0.1, 0.15) is 44.1 Å². The summed E-state index contributed by atoms with van der Waals surface area (Å²) < 4.78 is 0. The number of rotatable bonds is 5. The van der Waals surface area contributed by atoms with Gasteiger partial charge in [-0.25, -0.2) is 0 Å². The Labute approximate surface area is 118 Å².